The molecule has 2 saturated heterocycles. The highest BCUT2D eigenvalue weighted by molar-refractivity contribution is 5.75. The van der Waals surface area contributed by atoms with Gasteiger partial charge < -0.3 is 9.64 Å². The van der Waals surface area contributed by atoms with Gasteiger partial charge >= 0.3 is 0 Å². The first-order chi connectivity index (χ1) is 15.2. The highest BCUT2D eigenvalue weighted by Gasteiger charge is 2.31. The molecule has 0 bridgehead atoms. The van der Waals surface area contributed by atoms with Crippen LogP contribution >= 0.6 is 0 Å². The van der Waals surface area contributed by atoms with E-state index in [0.29, 0.717) is 18.5 Å². The average molecular weight is 424 g/mol. The van der Waals surface area contributed by atoms with Crippen LogP contribution in [0.4, 0.5) is 0 Å². The van der Waals surface area contributed by atoms with E-state index in [-0.39, 0.29) is 18.6 Å². The second kappa shape index (κ2) is 9.49. The fraction of sp³-hybridized carbons (Fsp3) is 0.625. The molecular formula is C24H33N5O2. The van der Waals surface area contributed by atoms with Gasteiger partial charge in [0.25, 0.3) is 0 Å². The van der Waals surface area contributed by atoms with E-state index in [1.54, 1.807) is 11.0 Å². The SMILES string of the molecule is O=C(Cn1cncn1)N(CC1CCN(C2Cc3ccccc3C2)CC1)C[C@H]1CCCO1. The Labute approximate surface area is 184 Å². The van der Waals surface area contributed by atoms with Crippen molar-refractivity contribution < 1.29 is 9.53 Å². The van der Waals surface area contributed by atoms with E-state index in [1.807, 2.05) is 4.90 Å². The van der Waals surface area contributed by atoms with Crippen molar-refractivity contribution >= 4 is 5.91 Å². The number of nitrogens with zero attached hydrogens (tertiary/aromatic N) is 5. The van der Waals surface area contributed by atoms with Crippen LogP contribution in [0.15, 0.2) is 36.9 Å². The highest BCUT2D eigenvalue weighted by Crippen LogP contribution is 2.29. The predicted molar refractivity (Wildman–Crippen MR) is 118 cm³/mol. The Morgan fingerprint density at radius 3 is 2.52 bits per heavy atom. The van der Waals surface area contributed by atoms with Crippen LogP contribution in [0.3, 0.4) is 0 Å². The lowest BCUT2D eigenvalue weighted by Gasteiger charge is -2.38. The summed E-state index contributed by atoms with van der Waals surface area (Å²) in [5, 5.41) is 4.11. The molecule has 0 radical (unpaired) electrons. The van der Waals surface area contributed by atoms with Gasteiger partial charge in [0.15, 0.2) is 0 Å². The predicted octanol–water partition coefficient (Wildman–Crippen LogP) is 2.17. The molecule has 166 valence electrons. The Morgan fingerprint density at radius 2 is 1.87 bits per heavy atom. The fourth-order valence-corrected chi connectivity index (χ4v) is 5.47. The molecule has 0 spiro atoms. The number of piperidine rings is 1. The van der Waals surface area contributed by atoms with Crippen molar-refractivity contribution in [3.63, 3.8) is 0 Å². The zero-order valence-corrected chi connectivity index (χ0v) is 18.2. The lowest BCUT2D eigenvalue weighted by atomic mass is 9.94. The van der Waals surface area contributed by atoms with E-state index in [1.165, 1.54) is 30.3 Å². The van der Waals surface area contributed by atoms with E-state index in [0.717, 1.165) is 51.9 Å². The number of hydrogen-bond acceptors (Lipinski definition) is 5. The molecule has 3 heterocycles. The highest BCUT2D eigenvalue weighted by atomic mass is 16.5. The molecule has 0 unspecified atom stereocenters. The molecule has 2 aliphatic heterocycles. The van der Waals surface area contributed by atoms with Crippen molar-refractivity contribution in [3.8, 4) is 0 Å². The van der Waals surface area contributed by atoms with Crippen molar-refractivity contribution in [3.05, 3.63) is 48.0 Å². The fourth-order valence-electron chi connectivity index (χ4n) is 5.47. The molecule has 0 saturated carbocycles. The molecule has 7 heteroatoms. The number of hydrogen-bond donors (Lipinski definition) is 0. The van der Waals surface area contributed by atoms with Gasteiger partial charge in [-0.25, -0.2) is 9.67 Å². The number of carbonyl (C=O) groups excluding carboxylic acids is 1. The largest absolute Gasteiger partial charge is 0.376 e. The summed E-state index contributed by atoms with van der Waals surface area (Å²) < 4.78 is 7.45. The van der Waals surface area contributed by atoms with Gasteiger partial charge in [-0.15, -0.1) is 0 Å². The Bertz CT molecular complexity index is 832. The third-order valence-electron chi connectivity index (χ3n) is 7.24. The Balaban J connectivity index is 1.15. The van der Waals surface area contributed by atoms with Gasteiger partial charge in [-0.1, -0.05) is 24.3 Å². The average Bonchev–Trinajstić information content (AvgIpc) is 3.55. The van der Waals surface area contributed by atoms with Crippen LogP contribution in [0.5, 0.6) is 0 Å². The molecule has 5 rings (SSSR count). The Morgan fingerprint density at radius 1 is 1.10 bits per heavy atom. The monoisotopic (exact) mass is 423 g/mol. The molecule has 31 heavy (non-hydrogen) atoms. The number of benzene rings is 1. The van der Waals surface area contributed by atoms with E-state index < -0.39 is 0 Å². The first-order valence-corrected chi connectivity index (χ1v) is 11.8. The zero-order chi connectivity index (χ0) is 21.0. The van der Waals surface area contributed by atoms with Gasteiger partial charge in [-0.2, -0.15) is 5.10 Å². The maximum Gasteiger partial charge on any atom is 0.244 e. The standard InChI is InChI=1S/C24H33N5O2/c30-24(16-29-18-25-17-26-29)28(15-23-6-3-11-31-23)14-19-7-9-27(10-8-19)22-12-20-4-1-2-5-21(20)13-22/h1-2,4-5,17-19,22-23H,3,6-16H2/t23-/m1/s1. The van der Waals surface area contributed by atoms with E-state index in [9.17, 15) is 4.79 Å². The molecule has 1 atom stereocenters. The van der Waals surface area contributed by atoms with Crippen molar-refractivity contribution in [1.29, 1.82) is 0 Å². The summed E-state index contributed by atoms with van der Waals surface area (Å²) in [6.07, 6.45) is 10.1. The number of likely N-dealkylation sites (tertiary alicyclic amines) is 1. The van der Waals surface area contributed by atoms with Crippen LogP contribution in [-0.2, 0) is 28.9 Å². The zero-order valence-electron chi connectivity index (χ0n) is 18.2. The molecular weight excluding hydrogens is 390 g/mol. The summed E-state index contributed by atoms with van der Waals surface area (Å²) >= 11 is 0. The molecule has 7 nitrogen and oxygen atoms in total. The Hall–Kier alpha value is -2.25. The maximum atomic E-state index is 13.0. The summed E-state index contributed by atoms with van der Waals surface area (Å²) in [7, 11) is 0. The first-order valence-electron chi connectivity index (χ1n) is 11.8. The topological polar surface area (TPSA) is 63.5 Å². The van der Waals surface area contributed by atoms with Crippen LogP contribution in [0.25, 0.3) is 0 Å². The number of carbonyl (C=O) groups is 1. The second-order valence-corrected chi connectivity index (χ2v) is 9.34. The third kappa shape index (κ3) is 4.99. The van der Waals surface area contributed by atoms with Crippen molar-refractivity contribution in [2.24, 2.45) is 5.92 Å². The summed E-state index contributed by atoms with van der Waals surface area (Å²) in [5.41, 5.74) is 3.05. The molecule has 1 aliphatic carbocycles. The molecule has 1 aromatic carbocycles. The van der Waals surface area contributed by atoms with Crippen molar-refractivity contribution in [2.45, 2.75) is 57.2 Å². The molecule has 3 aliphatic rings. The van der Waals surface area contributed by atoms with Gasteiger partial charge in [0.2, 0.25) is 5.91 Å². The number of fused-ring (bicyclic) bond motifs is 1. The molecule has 2 aromatic rings. The van der Waals surface area contributed by atoms with Crippen LogP contribution in [-0.4, -0.2) is 75.4 Å². The summed E-state index contributed by atoms with van der Waals surface area (Å²) in [6, 6.07) is 9.53. The van der Waals surface area contributed by atoms with Gasteiger partial charge in [-0.05, 0) is 68.7 Å². The second-order valence-electron chi connectivity index (χ2n) is 9.34. The van der Waals surface area contributed by atoms with Gasteiger partial charge in [0.05, 0.1) is 6.10 Å². The van der Waals surface area contributed by atoms with E-state index in [2.05, 4.69) is 39.2 Å². The van der Waals surface area contributed by atoms with Crippen molar-refractivity contribution in [1.82, 2.24) is 24.6 Å². The quantitative estimate of drug-likeness (QED) is 0.683. The van der Waals surface area contributed by atoms with Crippen LogP contribution < -0.4 is 0 Å². The number of rotatable bonds is 7. The van der Waals surface area contributed by atoms with Gasteiger partial charge in [0, 0.05) is 25.7 Å². The number of ether oxygens (including phenoxy) is 1. The summed E-state index contributed by atoms with van der Waals surface area (Å²) in [4.78, 5) is 21.7. The molecule has 0 N–H and O–H groups in total. The van der Waals surface area contributed by atoms with E-state index in [4.69, 9.17) is 4.74 Å². The minimum Gasteiger partial charge on any atom is -0.376 e. The smallest absolute Gasteiger partial charge is 0.244 e. The number of aromatic nitrogens is 3. The van der Waals surface area contributed by atoms with Gasteiger partial charge in [-0.3, -0.25) is 9.69 Å². The van der Waals surface area contributed by atoms with Crippen molar-refractivity contribution in [2.75, 3.05) is 32.8 Å². The van der Waals surface area contributed by atoms with Gasteiger partial charge in [0.1, 0.15) is 19.2 Å². The third-order valence-corrected chi connectivity index (χ3v) is 7.24. The minimum absolute atomic E-state index is 0.120. The lowest BCUT2D eigenvalue weighted by Crippen LogP contribution is -2.46. The molecule has 1 amide bonds. The van der Waals surface area contributed by atoms with Crippen LogP contribution in [0, 0.1) is 5.92 Å². The van der Waals surface area contributed by atoms with Crippen LogP contribution in [0.2, 0.25) is 0 Å². The minimum atomic E-state index is 0.120. The first kappa shape index (κ1) is 20.6. The number of amides is 1. The summed E-state index contributed by atoms with van der Waals surface area (Å²) in [6.45, 7) is 4.87. The molecule has 1 aromatic heterocycles. The summed E-state index contributed by atoms with van der Waals surface area (Å²) in [5.74, 6) is 0.677. The lowest BCUT2D eigenvalue weighted by molar-refractivity contribution is -0.134. The van der Waals surface area contributed by atoms with Crippen LogP contribution in [0.1, 0.15) is 36.8 Å². The van der Waals surface area contributed by atoms with E-state index >= 15 is 0 Å². The Kier molecular flexibility index (Phi) is 6.32. The molecule has 2 fully saturated rings. The normalized spacial score (nSPS) is 22.6. The maximum absolute atomic E-state index is 13.0.